The van der Waals surface area contributed by atoms with Crippen LogP contribution in [0.25, 0.3) is 34.2 Å². The lowest BCUT2D eigenvalue weighted by molar-refractivity contribution is 0.0946. The summed E-state index contributed by atoms with van der Waals surface area (Å²) in [5.74, 6) is -0.00534. The van der Waals surface area contributed by atoms with Crippen LogP contribution in [0.1, 0.15) is 27.3 Å². The maximum Gasteiger partial charge on any atom is 0.253 e. The summed E-state index contributed by atoms with van der Waals surface area (Å²) in [5, 5.41) is 5.34. The van der Waals surface area contributed by atoms with Gasteiger partial charge in [0.15, 0.2) is 0 Å². The number of rotatable bonds is 3. The van der Waals surface area contributed by atoms with Gasteiger partial charge in [-0.15, -0.1) is 0 Å². The predicted molar refractivity (Wildman–Crippen MR) is 113 cm³/mol. The fourth-order valence-corrected chi connectivity index (χ4v) is 3.65. The smallest absolute Gasteiger partial charge is 0.253 e. The third-order valence-corrected chi connectivity index (χ3v) is 5.12. The zero-order valence-corrected chi connectivity index (χ0v) is 15.3. The van der Waals surface area contributed by atoms with E-state index < -0.39 is 0 Å². The summed E-state index contributed by atoms with van der Waals surface area (Å²) in [5.41, 5.74) is 5.73. The van der Waals surface area contributed by atoms with Crippen LogP contribution in [-0.2, 0) is 6.42 Å². The normalized spacial score (nSPS) is 13.6. The summed E-state index contributed by atoms with van der Waals surface area (Å²) in [6, 6.07) is 20.7. The molecule has 0 saturated heterocycles. The number of pyridine rings is 1. The summed E-state index contributed by atoms with van der Waals surface area (Å²) < 4.78 is 0. The molecule has 3 heterocycles. The quantitative estimate of drug-likeness (QED) is 0.553. The van der Waals surface area contributed by atoms with Crippen LogP contribution in [0.5, 0.6) is 0 Å². The van der Waals surface area contributed by atoms with Crippen molar-refractivity contribution in [3.8, 4) is 11.3 Å². The van der Waals surface area contributed by atoms with Crippen LogP contribution in [0, 0.1) is 0 Å². The molecule has 0 fully saturated rings. The Kier molecular flexibility index (Phi) is 4.02. The van der Waals surface area contributed by atoms with Crippen molar-refractivity contribution in [2.45, 2.75) is 6.42 Å². The van der Waals surface area contributed by atoms with Gasteiger partial charge in [0, 0.05) is 36.1 Å². The zero-order valence-electron chi connectivity index (χ0n) is 15.3. The fraction of sp³-hybridized carbons (Fsp3) is 0.0833. The largest absolute Gasteiger partial charge is 0.358 e. The van der Waals surface area contributed by atoms with Gasteiger partial charge in [-0.05, 0) is 46.7 Å². The summed E-state index contributed by atoms with van der Waals surface area (Å²) in [4.78, 5) is 19.8. The second-order valence-electron chi connectivity index (χ2n) is 6.99. The molecule has 2 aromatic heterocycles. The van der Waals surface area contributed by atoms with Gasteiger partial charge in [-0.2, -0.15) is 0 Å². The molecule has 0 saturated carbocycles. The van der Waals surface area contributed by atoms with Crippen LogP contribution in [0.2, 0.25) is 0 Å². The number of hydrogen-bond donors (Lipinski definition) is 2. The summed E-state index contributed by atoms with van der Waals surface area (Å²) in [7, 11) is 0. The van der Waals surface area contributed by atoms with Crippen LogP contribution in [0.3, 0.4) is 0 Å². The Morgan fingerprint density at radius 2 is 1.82 bits per heavy atom. The van der Waals surface area contributed by atoms with Gasteiger partial charge in [-0.1, -0.05) is 42.5 Å². The van der Waals surface area contributed by atoms with Gasteiger partial charge in [0.1, 0.15) is 0 Å². The fourth-order valence-electron chi connectivity index (χ4n) is 3.65. The van der Waals surface area contributed by atoms with E-state index in [2.05, 4.69) is 63.8 Å². The molecule has 1 amide bonds. The van der Waals surface area contributed by atoms with Crippen molar-refractivity contribution in [1.29, 1.82) is 0 Å². The zero-order chi connectivity index (χ0) is 18.9. The number of amides is 1. The molecule has 0 unspecified atom stereocenters. The molecule has 5 rings (SSSR count). The molecular formula is C24H19N3O. The van der Waals surface area contributed by atoms with E-state index in [1.54, 1.807) is 6.20 Å². The van der Waals surface area contributed by atoms with Gasteiger partial charge in [-0.25, -0.2) is 0 Å². The molecule has 0 spiro atoms. The Morgan fingerprint density at radius 1 is 0.929 bits per heavy atom. The van der Waals surface area contributed by atoms with Crippen molar-refractivity contribution in [3.05, 3.63) is 89.4 Å². The highest BCUT2D eigenvalue weighted by atomic mass is 16.1. The van der Waals surface area contributed by atoms with Crippen LogP contribution in [0.15, 0.2) is 66.9 Å². The Bertz CT molecular complexity index is 1220. The first-order valence-corrected chi connectivity index (χ1v) is 9.40. The van der Waals surface area contributed by atoms with E-state index in [1.807, 2.05) is 24.3 Å². The van der Waals surface area contributed by atoms with Crippen molar-refractivity contribution < 1.29 is 4.79 Å². The molecule has 28 heavy (non-hydrogen) atoms. The van der Waals surface area contributed by atoms with E-state index in [-0.39, 0.29) is 5.91 Å². The highest BCUT2D eigenvalue weighted by molar-refractivity contribution is 5.97. The number of nitrogens with zero attached hydrogens (tertiary/aromatic N) is 1. The monoisotopic (exact) mass is 365 g/mol. The average Bonchev–Trinajstić information content (AvgIpc) is 3.18. The second-order valence-corrected chi connectivity index (χ2v) is 6.99. The van der Waals surface area contributed by atoms with Crippen molar-refractivity contribution in [2.75, 3.05) is 6.54 Å². The molecular weight excluding hydrogens is 346 g/mol. The highest BCUT2D eigenvalue weighted by Gasteiger charge is 2.19. The van der Waals surface area contributed by atoms with E-state index in [0.717, 1.165) is 40.2 Å². The van der Waals surface area contributed by atoms with Crippen LogP contribution < -0.4 is 5.32 Å². The van der Waals surface area contributed by atoms with Crippen molar-refractivity contribution in [2.24, 2.45) is 0 Å². The number of carbonyl (C=O) groups excluding carboxylic acids is 1. The van der Waals surface area contributed by atoms with E-state index in [1.165, 1.54) is 10.8 Å². The highest BCUT2D eigenvalue weighted by Crippen LogP contribution is 2.25. The number of carbonyl (C=O) groups is 1. The molecule has 0 atom stereocenters. The number of aromatic amines is 1. The summed E-state index contributed by atoms with van der Waals surface area (Å²) >= 11 is 0. The lowest BCUT2D eigenvalue weighted by atomic mass is 10.1. The van der Waals surface area contributed by atoms with Gasteiger partial charge >= 0.3 is 0 Å². The Hall–Kier alpha value is -3.66. The van der Waals surface area contributed by atoms with Gasteiger partial charge in [-0.3, -0.25) is 9.78 Å². The first-order valence-electron chi connectivity index (χ1n) is 9.40. The summed E-state index contributed by atoms with van der Waals surface area (Å²) in [6.45, 7) is 0.682. The van der Waals surface area contributed by atoms with Crippen molar-refractivity contribution >= 4 is 28.8 Å². The van der Waals surface area contributed by atoms with Crippen molar-refractivity contribution in [3.63, 3.8) is 0 Å². The number of benzene rings is 2. The molecule has 1 aliphatic rings. The molecule has 1 aliphatic heterocycles. The second kappa shape index (κ2) is 6.82. The average molecular weight is 365 g/mol. The van der Waals surface area contributed by atoms with Crippen LogP contribution >= 0.6 is 0 Å². The Morgan fingerprint density at radius 3 is 2.71 bits per heavy atom. The third-order valence-electron chi connectivity index (χ3n) is 5.12. The Labute approximate surface area is 162 Å². The van der Waals surface area contributed by atoms with Gasteiger partial charge < -0.3 is 10.3 Å². The lowest BCUT2D eigenvalue weighted by Gasteiger charge is -2.10. The molecule has 0 aliphatic carbocycles. The number of aromatic nitrogens is 2. The van der Waals surface area contributed by atoms with E-state index >= 15 is 0 Å². The lowest BCUT2D eigenvalue weighted by Crippen LogP contribution is -2.31. The molecule has 2 aromatic carbocycles. The maximum atomic E-state index is 12.0. The van der Waals surface area contributed by atoms with Gasteiger partial charge in [0.2, 0.25) is 0 Å². The molecule has 0 radical (unpaired) electrons. The van der Waals surface area contributed by atoms with Gasteiger partial charge in [0.25, 0.3) is 5.91 Å². The van der Waals surface area contributed by atoms with E-state index in [9.17, 15) is 4.79 Å². The Balaban J connectivity index is 1.44. The minimum Gasteiger partial charge on any atom is -0.358 e. The first kappa shape index (κ1) is 16.5. The predicted octanol–water partition coefficient (Wildman–Crippen LogP) is 4.69. The molecule has 4 nitrogen and oxygen atoms in total. The molecule has 0 bridgehead atoms. The van der Waals surface area contributed by atoms with Crippen LogP contribution in [0.4, 0.5) is 0 Å². The standard InChI is InChI=1S/C24H19N3O/c28-24-21-15-23(27-22(21)10-12-26-24)19-9-11-25-20(14-19)8-6-16-5-7-17-3-1-2-4-18(17)13-16/h1-9,11,13-15,27H,10,12H2,(H,26,28). The first-order chi connectivity index (χ1) is 13.8. The SMILES string of the molecule is O=C1NCCc2[nH]c(-c3ccnc(C=Cc4ccc5ccccc5c4)c3)cc21. The molecule has 4 aromatic rings. The van der Waals surface area contributed by atoms with Crippen LogP contribution in [-0.4, -0.2) is 22.4 Å². The molecule has 4 heteroatoms. The van der Waals surface area contributed by atoms with Gasteiger partial charge in [0.05, 0.1) is 11.3 Å². The molecule has 136 valence electrons. The minimum atomic E-state index is -0.00534. The third kappa shape index (κ3) is 3.09. The number of nitrogens with one attached hydrogen (secondary N) is 2. The van der Waals surface area contributed by atoms with E-state index in [0.29, 0.717) is 6.54 Å². The maximum absolute atomic E-state index is 12.0. The number of fused-ring (bicyclic) bond motifs is 2. The number of hydrogen-bond acceptors (Lipinski definition) is 2. The summed E-state index contributed by atoms with van der Waals surface area (Å²) in [6.07, 6.45) is 6.73. The van der Waals surface area contributed by atoms with Crippen molar-refractivity contribution in [1.82, 2.24) is 15.3 Å². The number of H-pyrrole nitrogens is 1. The van der Waals surface area contributed by atoms with E-state index in [4.69, 9.17) is 0 Å². The molecule has 2 N–H and O–H groups in total. The topological polar surface area (TPSA) is 57.8 Å². The minimum absolute atomic E-state index is 0.00534.